The maximum Gasteiger partial charge on any atom is 0.705 e. The number of phosphoric ester groups is 1. The van der Waals surface area contributed by atoms with Crippen LogP contribution in [0.5, 0.6) is 11.5 Å². The van der Waals surface area contributed by atoms with Crippen molar-refractivity contribution in [3.8, 4) is 11.5 Å². The number of nitrogens with one attached hydrogen (secondary N) is 3. The Morgan fingerprint density at radius 1 is 0.850 bits per heavy atom. The van der Waals surface area contributed by atoms with Crippen LogP contribution in [0.2, 0.25) is 0 Å². The third kappa shape index (κ3) is 18.6. The molecule has 5 aromatic rings. The number of ether oxygens (including phenoxy) is 8. The van der Waals surface area contributed by atoms with Crippen molar-refractivity contribution in [3.05, 3.63) is 110 Å². The Hall–Kier alpha value is -6.06. The fourth-order valence-electron chi connectivity index (χ4n) is 13.4. The smallest absolute Gasteiger partial charge is 0.478 e. The first-order valence-corrected chi connectivity index (χ1v) is 41.0. The van der Waals surface area contributed by atoms with E-state index in [0.29, 0.717) is 59.5 Å². The van der Waals surface area contributed by atoms with Gasteiger partial charge >= 0.3 is 34.2 Å². The van der Waals surface area contributed by atoms with Crippen molar-refractivity contribution in [2.75, 3.05) is 121 Å². The zero-order valence-corrected chi connectivity index (χ0v) is 61.0. The Bertz CT molecular complexity index is 4070. The Morgan fingerprint density at radius 3 is 2.37 bits per heavy atom. The van der Waals surface area contributed by atoms with Crippen LogP contribution in [0.25, 0.3) is 22.3 Å². The van der Waals surface area contributed by atoms with Gasteiger partial charge < -0.3 is 68.8 Å². The van der Waals surface area contributed by atoms with Gasteiger partial charge in [-0.2, -0.15) is 0 Å². The molecular formula is C66H85N9O19P2S4+2. The Morgan fingerprint density at radius 2 is 1.59 bits per heavy atom. The molecule has 3 amide bonds. The third-order valence-corrected chi connectivity index (χ3v) is 24.2. The van der Waals surface area contributed by atoms with Gasteiger partial charge in [0.1, 0.15) is 66.6 Å². The van der Waals surface area contributed by atoms with E-state index in [1.165, 1.54) is 72.0 Å². The summed E-state index contributed by atoms with van der Waals surface area (Å²) >= 11 is 0. The van der Waals surface area contributed by atoms with Gasteiger partial charge in [0.05, 0.1) is 68.9 Å². The van der Waals surface area contributed by atoms with Crippen molar-refractivity contribution in [2.45, 2.75) is 114 Å². The lowest BCUT2D eigenvalue weighted by molar-refractivity contribution is -0.0518. The topological polar surface area (TPSA) is 354 Å². The van der Waals surface area contributed by atoms with Crippen LogP contribution >= 0.6 is 59.3 Å². The van der Waals surface area contributed by atoms with Gasteiger partial charge in [-0.25, -0.2) is 33.5 Å². The minimum Gasteiger partial charge on any atom is -0.478 e. The van der Waals surface area contributed by atoms with Crippen LogP contribution in [-0.2, 0) is 76.8 Å². The van der Waals surface area contributed by atoms with Gasteiger partial charge in [0, 0.05) is 118 Å². The Labute approximate surface area is 595 Å². The Kier molecular flexibility index (Phi) is 26.2. The molecule has 0 bridgehead atoms. The molecule has 2 aromatic heterocycles. The number of hydrogen-bond donors (Lipinski definition) is 7. The van der Waals surface area contributed by atoms with E-state index in [1.807, 2.05) is 6.26 Å². The van der Waals surface area contributed by atoms with E-state index in [9.17, 15) is 38.3 Å². The zero-order chi connectivity index (χ0) is 70.5. The minimum absolute atomic E-state index is 0.101. The molecule has 3 unspecified atom stereocenters. The predicted molar refractivity (Wildman–Crippen MR) is 382 cm³/mol. The average Bonchev–Trinajstić information content (AvgIpc) is 0.923. The number of aromatic carboxylic acids is 1. The van der Waals surface area contributed by atoms with E-state index in [4.69, 9.17) is 53.0 Å². The monoisotopic (exact) mass is 1500 g/mol. The largest absolute Gasteiger partial charge is 0.705 e. The van der Waals surface area contributed by atoms with Gasteiger partial charge in [-0.3, -0.25) is 19.5 Å². The standard InChI is InChI=1S/C66H83N9O19P2S4/c1-40(50-35-75(61-55(50)60(67)70-37-71-61)53-34-51(90-39-98-97-4)52(92-53)36-91-96(83,84)94-95(81)82)72-65(80)88-25-6-5-24-87-38-99-100-66(2,3)17-26-89-64(79)69-19-28-86-30-29-85-27-18-68-62(76)43-15-16-44(63(77)78)47(33-43)54-48-31-41-11-7-20-73-22-9-13-45(56(41)73)58(48)93-59-46-14-10-23-74-21-8-12-42(57(46)74)32-49(54)59/h15-16,31-33,35,37,51-53H,1,5-14,17-30,34,36,38-39H2,2-4H3,(H6-2,67,68,69,70,71,72,76,77,78,79,80,81,82,83,84)/p+2/t51?,52-,53+/m1/s1. The fourth-order valence-corrected chi connectivity index (χ4v) is 17.7. The molecule has 0 saturated carbocycles. The molecule has 11 rings (SSSR count). The van der Waals surface area contributed by atoms with Crippen LogP contribution in [-0.4, -0.2) is 181 Å². The van der Waals surface area contributed by atoms with Crippen LogP contribution in [0.1, 0.15) is 131 Å². The summed E-state index contributed by atoms with van der Waals surface area (Å²) in [6.07, 6.45) is 10.8. The highest BCUT2D eigenvalue weighted by Crippen LogP contribution is 2.52. The maximum absolute atomic E-state index is 13.9. The number of carbonyl (C=O) groups excluding carboxylic acids is 3. The lowest BCUT2D eigenvalue weighted by Gasteiger charge is -2.39. The normalized spacial score (nSPS) is 18.2. The second-order valence-electron chi connectivity index (χ2n) is 25.1. The number of aromatic nitrogens is 3. The summed E-state index contributed by atoms with van der Waals surface area (Å²) in [5.41, 5.74) is 16.0. The number of benzene rings is 3. The highest BCUT2D eigenvalue weighted by molar-refractivity contribution is 8.77. The number of amides is 3. The minimum atomic E-state index is -4.89. The van der Waals surface area contributed by atoms with E-state index >= 15 is 0 Å². The van der Waals surface area contributed by atoms with Gasteiger partial charge in [0.15, 0.2) is 0 Å². The maximum atomic E-state index is 13.9. The van der Waals surface area contributed by atoms with Crippen LogP contribution in [0.15, 0.2) is 49.4 Å². The number of hydrogen-bond acceptors (Lipinski definition) is 24. The number of aryl methyl sites for hydroxylation is 2. The molecule has 8 N–H and O–H groups in total. The summed E-state index contributed by atoms with van der Waals surface area (Å²) in [4.78, 5) is 82.3. The van der Waals surface area contributed by atoms with Crippen molar-refractivity contribution < 1.29 is 89.9 Å². The summed E-state index contributed by atoms with van der Waals surface area (Å²) in [6.45, 7) is 13.8. The average molecular weight is 1500 g/mol. The van der Waals surface area contributed by atoms with Gasteiger partial charge in [0.2, 0.25) is 5.36 Å². The summed E-state index contributed by atoms with van der Waals surface area (Å²) in [5, 5.41) is 21.6. The number of nitrogens with two attached hydrogens (primary N) is 1. The van der Waals surface area contributed by atoms with E-state index in [2.05, 4.69) is 72.3 Å². The molecule has 0 spiro atoms. The van der Waals surface area contributed by atoms with Gasteiger partial charge in [-0.1, -0.05) is 49.8 Å². The lowest BCUT2D eigenvalue weighted by atomic mass is 9.81. The van der Waals surface area contributed by atoms with Crippen molar-refractivity contribution in [1.29, 1.82) is 0 Å². The number of phosphoric acid groups is 1. The third-order valence-electron chi connectivity index (χ3n) is 17.9. The van der Waals surface area contributed by atoms with E-state index < -0.39 is 59.3 Å². The first-order chi connectivity index (χ1) is 48.3. The molecule has 540 valence electrons. The molecule has 100 heavy (non-hydrogen) atoms. The highest BCUT2D eigenvalue weighted by Gasteiger charge is 2.43. The number of alkyl carbamates (subject to hydrolysis) is 2. The summed E-state index contributed by atoms with van der Waals surface area (Å²) in [5.74, 6) is 0.984. The second kappa shape index (κ2) is 34.9. The highest BCUT2D eigenvalue weighted by atomic mass is 33.1. The van der Waals surface area contributed by atoms with Crippen LogP contribution in [0, 0.1) is 0 Å². The van der Waals surface area contributed by atoms with E-state index in [0.717, 1.165) is 105 Å². The van der Waals surface area contributed by atoms with Crippen LogP contribution < -0.4 is 46.5 Å². The summed E-state index contributed by atoms with van der Waals surface area (Å²) in [6, 6.07) is 9.33. The molecule has 6 aliphatic heterocycles. The molecule has 28 nitrogen and oxygen atoms in total. The number of carboxylic acid groups (broad SMARTS) is 1. The molecule has 0 radical (unpaired) electrons. The van der Waals surface area contributed by atoms with Gasteiger partial charge in [-0.15, -0.1) is 4.89 Å². The number of nitrogen functional groups attached to an aromatic ring is 1. The molecule has 3 aromatic carbocycles. The second-order valence-corrected chi connectivity index (χ2v) is 32.9. The molecule has 5 atom stereocenters. The van der Waals surface area contributed by atoms with Gasteiger partial charge in [-0.05, 0) is 124 Å². The molecule has 6 aliphatic rings. The number of rotatable bonds is 36. The van der Waals surface area contributed by atoms with Crippen molar-refractivity contribution in [1.82, 2.24) is 35.1 Å². The Balaban J connectivity index is 0.547. The van der Waals surface area contributed by atoms with Crippen molar-refractivity contribution in [2.24, 2.45) is 0 Å². The summed E-state index contributed by atoms with van der Waals surface area (Å²) in [7, 11) is -2.26. The SMILES string of the molecule is C=C(NC(=O)OCCCCOCSSC(C)(C)CCOC(=O)NCCOCCOCCNC(=O)c1ccc(C(=O)O)c(C2=c3cc4c5c(c3Oc3c2cc2c6c3CCCN6CCC2)CCC[N+]=5CCC4)c1)c1cn([C@@H]2CC(OCSSC)[C@@H](COP(=O)(O)O[P+](=O)O)O2)c2ncnc(N)c12. The van der Waals surface area contributed by atoms with Crippen LogP contribution in [0.4, 0.5) is 21.1 Å². The van der Waals surface area contributed by atoms with E-state index in [1.54, 1.807) is 39.8 Å². The van der Waals surface area contributed by atoms with E-state index in [-0.39, 0.29) is 92.8 Å². The number of carbonyl (C=O) groups is 4. The quantitative estimate of drug-likeness (QED) is 0.00635. The number of nitrogens with zero attached hydrogens (tertiary/aromatic N) is 5. The first-order valence-electron chi connectivity index (χ1n) is 33.3. The molecule has 34 heteroatoms. The number of unbranched alkanes of at least 4 members (excludes halogenated alkanes) is 1. The lowest BCUT2D eigenvalue weighted by Crippen LogP contribution is -2.45. The number of carboxylic acids is 1. The van der Waals surface area contributed by atoms with Crippen LogP contribution in [0.3, 0.4) is 0 Å². The fraction of sp³-hybridized carbons (Fsp3) is 0.530. The first kappa shape index (κ1) is 75.1. The summed E-state index contributed by atoms with van der Waals surface area (Å²) < 4.78 is 83.7. The van der Waals surface area contributed by atoms with Crippen molar-refractivity contribution >= 4 is 117 Å². The predicted octanol–water partition coefficient (Wildman–Crippen LogP) is 8.76. The van der Waals surface area contributed by atoms with Crippen molar-refractivity contribution in [3.63, 3.8) is 0 Å². The molecule has 0 aliphatic carbocycles. The number of fused-ring (bicyclic) bond motifs is 5. The molecule has 8 heterocycles. The van der Waals surface area contributed by atoms with Gasteiger partial charge in [0.25, 0.3) is 5.91 Å². The molecule has 1 saturated heterocycles. The molecule has 1 fully saturated rings. The number of anilines is 2. The zero-order valence-electron chi connectivity index (χ0n) is 56.0. The molecular weight excluding hydrogens is 1410 g/mol.